The molecule has 0 aliphatic carbocycles. The number of nitrogens with zero attached hydrogens (tertiary/aromatic N) is 4. The first-order valence-electron chi connectivity index (χ1n) is 10.1. The molecule has 1 atom stereocenters. The molecule has 0 radical (unpaired) electrons. The summed E-state index contributed by atoms with van der Waals surface area (Å²) in [6.45, 7) is 1.64. The molecule has 4 aromatic rings. The first-order valence-corrected chi connectivity index (χ1v) is 10.1. The normalized spacial score (nSPS) is 16.6. The number of hydrogen-bond donors (Lipinski definition) is 0. The number of para-hydroxylation sites is 1. The Bertz CT molecular complexity index is 1260. The van der Waals surface area contributed by atoms with Gasteiger partial charge in [0.25, 0.3) is 5.56 Å². The number of ether oxygens (including phenoxy) is 2. The van der Waals surface area contributed by atoms with Crippen LogP contribution in [0.1, 0.15) is 11.9 Å². The van der Waals surface area contributed by atoms with Gasteiger partial charge >= 0.3 is 0 Å². The van der Waals surface area contributed by atoms with Gasteiger partial charge in [0.15, 0.2) is 0 Å². The highest BCUT2D eigenvalue weighted by Crippen LogP contribution is 2.31. The Morgan fingerprint density at radius 3 is 2.90 bits per heavy atom. The first-order chi connectivity index (χ1) is 15.1. The molecule has 5 rings (SSSR count). The van der Waals surface area contributed by atoms with Crippen LogP contribution in [0, 0.1) is 0 Å². The van der Waals surface area contributed by atoms with Gasteiger partial charge in [0, 0.05) is 36.8 Å². The van der Waals surface area contributed by atoms with Crippen molar-refractivity contribution < 1.29 is 13.9 Å². The average Bonchev–Trinajstić information content (AvgIpc) is 3.25. The maximum absolute atomic E-state index is 12.7. The predicted octanol–water partition coefficient (Wildman–Crippen LogP) is 3.18. The van der Waals surface area contributed by atoms with Gasteiger partial charge in [0.2, 0.25) is 5.95 Å². The summed E-state index contributed by atoms with van der Waals surface area (Å²) in [6.07, 6.45) is 3.01. The molecule has 1 aliphatic rings. The van der Waals surface area contributed by atoms with Gasteiger partial charge in [-0.05, 0) is 18.2 Å². The van der Waals surface area contributed by atoms with Crippen LogP contribution in [-0.2, 0) is 11.8 Å². The van der Waals surface area contributed by atoms with Gasteiger partial charge in [-0.25, -0.2) is 4.98 Å². The number of anilines is 1. The molecule has 158 valence electrons. The highest BCUT2D eigenvalue weighted by Gasteiger charge is 2.27. The number of benzene rings is 1. The highest BCUT2D eigenvalue weighted by atomic mass is 16.5. The zero-order valence-electron chi connectivity index (χ0n) is 17.3. The molecule has 31 heavy (non-hydrogen) atoms. The van der Waals surface area contributed by atoms with Crippen molar-refractivity contribution in [3.05, 3.63) is 71.0 Å². The molecule has 0 spiro atoms. The predicted molar refractivity (Wildman–Crippen MR) is 116 cm³/mol. The number of pyridine rings is 1. The number of morpholine rings is 1. The van der Waals surface area contributed by atoms with E-state index in [4.69, 9.17) is 18.9 Å². The third-order valence-corrected chi connectivity index (χ3v) is 5.50. The number of methoxy groups -OCH3 is 1. The Morgan fingerprint density at radius 1 is 1.19 bits per heavy atom. The van der Waals surface area contributed by atoms with Crippen molar-refractivity contribution in [3.8, 4) is 17.0 Å². The van der Waals surface area contributed by atoms with Gasteiger partial charge in [-0.3, -0.25) is 14.3 Å². The van der Waals surface area contributed by atoms with Gasteiger partial charge < -0.3 is 18.8 Å². The molecule has 8 nitrogen and oxygen atoms in total. The minimum atomic E-state index is -0.253. The molecular weight excluding hydrogens is 396 g/mol. The molecule has 0 unspecified atom stereocenters. The van der Waals surface area contributed by atoms with Crippen LogP contribution in [0.15, 0.2) is 64.1 Å². The van der Waals surface area contributed by atoms with Crippen LogP contribution in [0.25, 0.3) is 22.2 Å². The van der Waals surface area contributed by atoms with Gasteiger partial charge in [-0.1, -0.05) is 18.2 Å². The minimum absolute atomic E-state index is 0.148. The summed E-state index contributed by atoms with van der Waals surface area (Å²) in [4.78, 5) is 23.7. The van der Waals surface area contributed by atoms with E-state index in [1.165, 1.54) is 6.07 Å². The lowest BCUT2D eigenvalue weighted by molar-refractivity contribution is 0.0260. The second kappa shape index (κ2) is 7.88. The van der Waals surface area contributed by atoms with Crippen molar-refractivity contribution in [2.24, 2.45) is 7.05 Å². The third kappa shape index (κ3) is 3.55. The van der Waals surface area contributed by atoms with Crippen molar-refractivity contribution in [1.82, 2.24) is 14.5 Å². The summed E-state index contributed by atoms with van der Waals surface area (Å²) in [5.41, 5.74) is 1.95. The van der Waals surface area contributed by atoms with Crippen LogP contribution in [0.5, 0.6) is 5.75 Å². The molecule has 3 aromatic heterocycles. The molecule has 0 saturated carbocycles. The monoisotopic (exact) mass is 418 g/mol. The SMILES string of the molecule is COc1cnccc1-c1cc(=O)n(C)c(N2CCO[C@@H](c3cc4ccccc4o3)C2)n1. The van der Waals surface area contributed by atoms with Crippen molar-refractivity contribution in [3.63, 3.8) is 0 Å². The summed E-state index contributed by atoms with van der Waals surface area (Å²) in [7, 11) is 3.30. The van der Waals surface area contributed by atoms with E-state index in [0.29, 0.717) is 37.1 Å². The average molecular weight is 418 g/mol. The fourth-order valence-corrected chi connectivity index (χ4v) is 3.87. The van der Waals surface area contributed by atoms with Gasteiger partial charge in [0.1, 0.15) is 23.2 Å². The Kier molecular flexibility index (Phi) is 4.91. The van der Waals surface area contributed by atoms with Crippen LogP contribution in [-0.4, -0.2) is 41.3 Å². The van der Waals surface area contributed by atoms with E-state index in [0.717, 1.165) is 22.3 Å². The van der Waals surface area contributed by atoms with E-state index >= 15 is 0 Å². The van der Waals surface area contributed by atoms with Crippen LogP contribution in [0.2, 0.25) is 0 Å². The van der Waals surface area contributed by atoms with E-state index in [9.17, 15) is 4.79 Å². The van der Waals surface area contributed by atoms with Gasteiger partial charge in [0.05, 0.1) is 32.2 Å². The summed E-state index contributed by atoms with van der Waals surface area (Å²) in [6, 6.07) is 13.2. The van der Waals surface area contributed by atoms with Crippen LogP contribution >= 0.6 is 0 Å². The maximum Gasteiger partial charge on any atom is 0.255 e. The molecule has 0 amide bonds. The number of furan rings is 1. The van der Waals surface area contributed by atoms with Crippen LogP contribution in [0.3, 0.4) is 0 Å². The number of hydrogen-bond acceptors (Lipinski definition) is 7. The molecule has 8 heteroatoms. The summed E-state index contributed by atoms with van der Waals surface area (Å²) in [5, 5.41) is 1.04. The Labute approximate surface area is 178 Å². The Balaban J connectivity index is 1.50. The summed E-state index contributed by atoms with van der Waals surface area (Å²) >= 11 is 0. The zero-order chi connectivity index (χ0) is 21.4. The third-order valence-electron chi connectivity index (χ3n) is 5.50. The second-order valence-electron chi connectivity index (χ2n) is 7.41. The van der Waals surface area contributed by atoms with E-state index in [1.807, 2.05) is 30.3 Å². The van der Waals surface area contributed by atoms with E-state index in [1.54, 1.807) is 37.2 Å². The molecule has 0 bridgehead atoms. The van der Waals surface area contributed by atoms with Crippen molar-refractivity contribution in [2.75, 3.05) is 31.7 Å². The van der Waals surface area contributed by atoms with Crippen molar-refractivity contribution in [1.29, 1.82) is 0 Å². The van der Waals surface area contributed by atoms with Crippen LogP contribution < -0.4 is 15.2 Å². The summed E-state index contributed by atoms with van der Waals surface area (Å²) in [5.74, 6) is 1.91. The van der Waals surface area contributed by atoms with E-state index < -0.39 is 0 Å². The lowest BCUT2D eigenvalue weighted by atomic mass is 10.1. The quantitative estimate of drug-likeness (QED) is 0.503. The number of fused-ring (bicyclic) bond motifs is 1. The second-order valence-corrected chi connectivity index (χ2v) is 7.41. The van der Waals surface area contributed by atoms with E-state index in [2.05, 4.69) is 9.88 Å². The molecular formula is C23H22N4O4. The fourth-order valence-electron chi connectivity index (χ4n) is 3.87. The smallest absolute Gasteiger partial charge is 0.255 e. The lowest BCUT2D eigenvalue weighted by Crippen LogP contribution is -2.41. The topological polar surface area (TPSA) is 82.6 Å². The van der Waals surface area contributed by atoms with Crippen LogP contribution in [0.4, 0.5) is 5.95 Å². The highest BCUT2D eigenvalue weighted by molar-refractivity contribution is 5.77. The standard InChI is InChI=1S/C23H22N4O4/c1-26-22(28)12-17(16-7-8-24-13-20(16)29-2)25-23(26)27-9-10-30-21(14-27)19-11-15-5-3-4-6-18(15)31-19/h3-8,11-13,21H,9-10,14H2,1-2H3/t21-/m1/s1. The Morgan fingerprint density at radius 2 is 2.06 bits per heavy atom. The molecule has 1 aliphatic heterocycles. The zero-order valence-corrected chi connectivity index (χ0v) is 17.3. The van der Waals surface area contributed by atoms with Gasteiger partial charge in [-0.15, -0.1) is 0 Å². The van der Waals surface area contributed by atoms with Gasteiger partial charge in [-0.2, -0.15) is 0 Å². The molecule has 1 fully saturated rings. The number of aromatic nitrogens is 3. The minimum Gasteiger partial charge on any atom is -0.494 e. The number of rotatable bonds is 4. The van der Waals surface area contributed by atoms with E-state index in [-0.39, 0.29) is 11.7 Å². The molecule has 0 N–H and O–H groups in total. The van der Waals surface area contributed by atoms with Crippen molar-refractivity contribution >= 4 is 16.9 Å². The molecule has 1 saturated heterocycles. The molecule has 1 aromatic carbocycles. The Hall–Kier alpha value is -3.65. The first kappa shape index (κ1) is 19.3. The largest absolute Gasteiger partial charge is 0.494 e. The lowest BCUT2D eigenvalue weighted by Gasteiger charge is -2.33. The van der Waals surface area contributed by atoms with Crippen molar-refractivity contribution in [2.45, 2.75) is 6.10 Å². The summed E-state index contributed by atoms with van der Waals surface area (Å²) < 4.78 is 18.9. The fraction of sp³-hybridized carbons (Fsp3) is 0.261. The maximum atomic E-state index is 12.7. The molecule has 4 heterocycles.